The summed E-state index contributed by atoms with van der Waals surface area (Å²) in [5.41, 5.74) is -0.945. The van der Waals surface area contributed by atoms with Gasteiger partial charge in [0.15, 0.2) is 5.60 Å². The summed E-state index contributed by atoms with van der Waals surface area (Å²) in [5.74, 6) is -0.435. The molecular weight excluding hydrogens is 367 g/mol. The van der Waals surface area contributed by atoms with E-state index in [1.54, 1.807) is 4.90 Å². The molecule has 0 saturated heterocycles. The molecule has 0 aliphatic carbocycles. The lowest BCUT2D eigenvalue weighted by atomic mass is 9.92. The van der Waals surface area contributed by atoms with Crippen LogP contribution in [-0.4, -0.2) is 23.7 Å². The molecule has 0 aromatic heterocycles. The Bertz CT molecular complexity index is 847. The van der Waals surface area contributed by atoms with Crippen LogP contribution in [0.4, 0.5) is 18.9 Å². The summed E-state index contributed by atoms with van der Waals surface area (Å²) in [6, 6.07) is 13.6. The zero-order chi connectivity index (χ0) is 20.5. The SMILES string of the molecule is C[C@H](C(=O)N1CCCCc2cc(C(C)(O)C(F)(F)F)ccc21)c1ccccc1. The molecule has 150 valence electrons. The molecule has 28 heavy (non-hydrogen) atoms. The van der Waals surface area contributed by atoms with Crippen LogP contribution < -0.4 is 4.90 Å². The Balaban J connectivity index is 1.96. The van der Waals surface area contributed by atoms with Crippen LogP contribution in [0.1, 0.15) is 49.3 Å². The van der Waals surface area contributed by atoms with Crippen LogP contribution in [-0.2, 0) is 16.8 Å². The maximum absolute atomic E-state index is 13.2. The second-order valence-corrected chi connectivity index (χ2v) is 7.49. The Labute approximate surface area is 162 Å². The number of carbonyl (C=O) groups excluding carboxylic acids is 1. The smallest absolute Gasteiger partial charge is 0.376 e. The van der Waals surface area contributed by atoms with Crippen molar-refractivity contribution in [2.45, 2.75) is 50.8 Å². The van der Waals surface area contributed by atoms with E-state index in [-0.39, 0.29) is 17.4 Å². The van der Waals surface area contributed by atoms with Gasteiger partial charge in [-0.25, -0.2) is 0 Å². The molecule has 0 spiro atoms. The van der Waals surface area contributed by atoms with Crippen LogP contribution in [0.2, 0.25) is 0 Å². The molecule has 0 fully saturated rings. The van der Waals surface area contributed by atoms with Crippen molar-refractivity contribution in [2.75, 3.05) is 11.4 Å². The van der Waals surface area contributed by atoms with Crippen LogP contribution >= 0.6 is 0 Å². The summed E-state index contributed by atoms with van der Waals surface area (Å²) >= 11 is 0. The highest BCUT2D eigenvalue weighted by atomic mass is 19.4. The van der Waals surface area contributed by atoms with Crippen molar-refractivity contribution in [1.82, 2.24) is 0 Å². The van der Waals surface area contributed by atoms with Crippen molar-refractivity contribution in [3.8, 4) is 0 Å². The Morgan fingerprint density at radius 3 is 2.43 bits per heavy atom. The summed E-state index contributed by atoms with van der Waals surface area (Å²) in [6.45, 7) is 3.12. The summed E-state index contributed by atoms with van der Waals surface area (Å²) in [5, 5.41) is 10.0. The van der Waals surface area contributed by atoms with Crippen molar-refractivity contribution in [1.29, 1.82) is 0 Å². The molecule has 1 N–H and O–H groups in total. The number of aliphatic hydroxyl groups is 1. The predicted molar refractivity (Wildman–Crippen MR) is 102 cm³/mol. The van der Waals surface area contributed by atoms with Crippen molar-refractivity contribution in [2.24, 2.45) is 0 Å². The molecule has 3 nitrogen and oxygen atoms in total. The minimum Gasteiger partial charge on any atom is -0.376 e. The lowest BCUT2D eigenvalue weighted by Gasteiger charge is -2.30. The minimum absolute atomic E-state index is 0.0790. The summed E-state index contributed by atoms with van der Waals surface area (Å²) < 4.78 is 39.6. The maximum atomic E-state index is 13.2. The molecule has 1 unspecified atom stereocenters. The van der Waals surface area contributed by atoms with Crippen LogP contribution in [0.5, 0.6) is 0 Å². The number of amides is 1. The molecule has 0 radical (unpaired) electrons. The fourth-order valence-electron chi connectivity index (χ4n) is 3.57. The zero-order valence-electron chi connectivity index (χ0n) is 16.0. The highest BCUT2D eigenvalue weighted by molar-refractivity contribution is 5.98. The van der Waals surface area contributed by atoms with Crippen molar-refractivity contribution in [3.63, 3.8) is 0 Å². The number of nitrogens with zero attached hydrogens (tertiary/aromatic N) is 1. The van der Waals surface area contributed by atoms with Gasteiger partial charge in [0, 0.05) is 12.2 Å². The van der Waals surface area contributed by atoms with Gasteiger partial charge in [0.1, 0.15) is 0 Å². The lowest BCUT2D eigenvalue weighted by Crippen LogP contribution is -2.39. The van der Waals surface area contributed by atoms with Gasteiger partial charge in [-0.05, 0) is 55.9 Å². The first-order valence-corrected chi connectivity index (χ1v) is 9.42. The van der Waals surface area contributed by atoms with Gasteiger partial charge >= 0.3 is 6.18 Å². The first kappa shape index (κ1) is 20.4. The van der Waals surface area contributed by atoms with Gasteiger partial charge in [0.05, 0.1) is 5.92 Å². The van der Waals surface area contributed by atoms with E-state index in [1.807, 2.05) is 37.3 Å². The Kier molecular flexibility index (Phi) is 5.53. The quantitative estimate of drug-likeness (QED) is 0.806. The molecule has 1 heterocycles. The van der Waals surface area contributed by atoms with Gasteiger partial charge < -0.3 is 10.0 Å². The number of rotatable bonds is 3. The number of hydrogen-bond acceptors (Lipinski definition) is 2. The van der Waals surface area contributed by atoms with Crippen molar-refractivity contribution < 1.29 is 23.1 Å². The minimum atomic E-state index is -4.77. The molecule has 1 aliphatic rings. The second-order valence-electron chi connectivity index (χ2n) is 7.49. The average molecular weight is 391 g/mol. The number of benzene rings is 2. The number of alkyl halides is 3. The van der Waals surface area contributed by atoms with E-state index < -0.39 is 11.8 Å². The van der Waals surface area contributed by atoms with E-state index in [2.05, 4.69) is 0 Å². The Hall–Kier alpha value is -2.34. The third-order valence-corrected chi connectivity index (χ3v) is 5.50. The second kappa shape index (κ2) is 7.59. The third-order valence-electron chi connectivity index (χ3n) is 5.50. The van der Waals surface area contributed by atoms with Gasteiger partial charge in [-0.3, -0.25) is 4.79 Å². The molecule has 0 bridgehead atoms. The highest BCUT2D eigenvalue weighted by Crippen LogP contribution is 2.40. The number of fused-ring (bicyclic) bond motifs is 1. The van der Waals surface area contributed by atoms with Gasteiger partial charge in [0.25, 0.3) is 0 Å². The predicted octanol–water partition coefficient (Wildman–Crippen LogP) is 4.93. The topological polar surface area (TPSA) is 40.5 Å². The number of halogens is 3. The van der Waals surface area contributed by atoms with Crippen LogP contribution in [0.3, 0.4) is 0 Å². The van der Waals surface area contributed by atoms with Gasteiger partial charge in [-0.2, -0.15) is 13.2 Å². The first-order chi connectivity index (χ1) is 13.1. The molecule has 2 atom stereocenters. The van der Waals surface area contributed by atoms with Gasteiger partial charge in [-0.15, -0.1) is 0 Å². The van der Waals surface area contributed by atoms with E-state index in [0.29, 0.717) is 24.2 Å². The van der Waals surface area contributed by atoms with Crippen molar-refractivity contribution >= 4 is 11.6 Å². The molecule has 1 aliphatic heterocycles. The van der Waals surface area contributed by atoms with Crippen molar-refractivity contribution in [3.05, 3.63) is 65.2 Å². The summed E-state index contributed by atoms with van der Waals surface area (Å²) in [6.07, 6.45) is -2.66. The van der Waals surface area contributed by atoms with Crippen LogP contribution in [0.15, 0.2) is 48.5 Å². The van der Waals surface area contributed by atoms with Crippen LogP contribution in [0, 0.1) is 0 Å². The van der Waals surface area contributed by atoms with E-state index >= 15 is 0 Å². The van der Waals surface area contributed by atoms with E-state index in [4.69, 9.17) is 0 Å². The molecule has 0 saturated carbocycles. The first-order valence-electron chi connectivity index (χ1n) is 9.42. The summed E-state index contributed by atoms with van der Waals surface area (Å²) in [4.78, 5) is 14.8. The number of hydrogen-bond donors (Lipinski definition) is 1. The number of carbonyl (C=O) groups is 1. The monoisotopic (exact) mass is 391 g/mol. The van der Waals surface area contributed by atoms with E-state index in [0.717, 1.165) is 25.3 Å². The normalized spacial score (nSPS) is 18.0. The van der Waals surface area contributed by atoms with Gasteiger partial charge in [0.2, 0.25) is 5.91 Å². The molecule has 3 rings (SSSR count). The zero-order valence-corrected chi connectivity index (χ0v) is 16.0. The number of aryl methyl sites for hydroxylation is 1. The molecule has 2 aromatic rings. The molecule has 6 heteroatoms. The van der Waals surface area contributed by atoms with Crippen LogP contribution in [0.25, 0.3) is 0 Å². The lowest BCUT2D eigenvalue weighted by molar-refractivity contribution is -0.258. The maximum Gasteiger partial charge on any atom is 0.421 e. The van der Waals surface area contributed by atoms with E-state index in [9.17, 15) is 23.1 Å². The number of anilines is 1. The Morgan fingerprint density at radius 1 is 1.11 bits per heavy atom. The third kappa shape index (κ3) is 3.78. The molecule has 2 aromatic carbocycles. The molecule has 1 amide bonds. The molecular formula is C22H24F3NO2. The summed E-state index contributed by atoms with van der Waals surface area (Å²) in [7, 11) is 0. The fraction of sp³-hybridized carbons (Fsp3) is 0.409. The Morgan fingerprint density at radius 2 is 1.79 bits per heavy atom. The highest BCUT2D eigenvalue weighted by Gasteiger charge is 2.51. The average Bonchev–Trinajstić information content (AvgIpc) is 2.88. The fourth-order valence-corrected chi connectivity index (χ4v) is 3.57. The standard InChI is InChI=1S/C22H24F3NO2/c1-15(16-8-4-3-5-9-16)20(27)26-13-7-6-10-17-14-18(11-12-19(17)26)21(2,28)22(23,24)25/h3-5,8-9,11-12,14-15,28H,6-7,10,13H2,1-2H3/t15-,21?/m0/s1. The largest absolute Gasteiger partial charge is 0.421 e. The van der Waals surface area contributed by atoms with Gasteiger partial charge in [-0.1, -0.05) is 42.5 Å². The van der Waals surface area contributed by atoms with E-state index in [1.165, 1.54) is 18.2 Å².